The number of benzene rings is 2. The van der Waals surface area contributed by atoms with Gasteiger partial charge in [0.05, 0.1) is 6.26 Å². The number of halogens is 1. The smallest absolute Gasteiger partial charge is 0.282 e. The molecule has 0 bridgehead atoms. The molecule has 0 fully saturated rings. The van der Waals surface area contributed by atoms with Gasteiger partial charge in [0, 0.05) is 39.8 Å². The number of carbonyl (C=O) groups is 1. The lowest BCUT2D eigenvalue weighted by atomic mass is 10.0. The number of nitrogens with zero attached hydrogens (tertiary/aromatic N) is 1. The Morgan fingerprint density at radius 2 is 1.94 bits per heavy atom. The number of pyridine rings is 1. The van der Waals surface area contributed by atoms with E-state index in [1.807, 2.05) is 10.8 Å². The number of hydrogen-bond acceptors (Lipinski definition) is 6. The molecule has 3 heterocycles. The minimum atomic E-state index is -3.89. The van der Waals surface area contributed by atoms with E-state index in [1.54, 1.807) is 47.0 Å². The topological polar surface area (TPSA) is 119 Å². The highest BCUT2D eigenvalue weighted by atomic mass is 35.5. The molecule has 4 aromatic rings. The minimum absolute atomic E-state index is 0.0112. The Labute approximate surface area is 198 Å². The number of aromatic amines is 1. The summed E-state index contributed by atoms with van der Waals surface area (Å²) in [5.41, 5.74) is 1.44. The zero-order chi connectivity index (χ0) is 24.0. The molecule has 11 heteroatoms. The van der Waals surface area contributed by atoms with E-state index in [1.165, 1.54) is 6.20 Å². The normalized spacial score (nSPS) is 12.8. The fraction of sp³-hybridized carbons (Fsp3) is 0.130. The average Bonchev–Trinajstić information content (AvgIpc) is 3.35. The van der Waals surface area contributed by atoms with Crippen molar-refractivity contribution in [1.29, 1.82) is 0 Å². The van der Waals surface area contributed by atoms with Crippen LogP contribution in [0.25, 0.3) is 22.0 Å². The van der Waals surface area contributed by atoms with Crippen LogP contribution in [0.4, 0.5) is 0 Å². The van der Waals surface area contributed by atoms with Gasteiger partial charge in [-0.05, 0) is 48.0 Å². The summed E-state index contributed by atoms with van der Waals surface area (Å²) >= 11 is 6.27. The quantitative estimate of drug-likeness (QED) is 0.435. The standard InChI is InChI=1S/C23H18ClN3O6S/c1-34(30,31)26-23(29)21-20(15-3-2-8-25-22(15)28)16-10-14(24)5-6-17(16)27(21)11-13-4-7-18-19(9-13)33-12-32-18/h2-10H,11-12H2,1H3,(H,25,28)(H,26,29). The highest BCUT2D eigenvalue weighted by molar-refractivity contribution is 7.89. The lowest BCUT2D eigenvalue weighted by Gasteiger charge is -2.13. The van der Waals surface area contributed by atoms with Gasteiger partial charge in [-0.1, -0.05) is 17.7 Å². The maximum Gasteiger partial charge on any atom is 0.282 e. The molecule has 0 saturated heterocycles. The first-order valence-corrected chi connectivity index (χ1v) is 12.4. The number of rotatable bonds is 5. The molecule has 0 aliphatic carbocycles. The number of hydrogen-bond donors (Lipinski definition) is 2. The summed E-state index contributed by atoms with van der Waals surface area (Å²) < 4.78 is 38.4. The van der Waals surface area contributed by atoms with Crippen molar-refractivity contribution in [1.82, 2.24) is 14.3 Å². The second-order valence-electron chi connectivity index (χ2n) is 7.78. The Morgan fingerprint density at radius 1 is 1.15 bits per heavy atom. The predicted octanol–water partition coefficient (Wildman–Crippen LogP) is 3.12. The maximum atomic E-state index is 13.3. The number of sulfonamides is 1. The van der Waals surface area contributed by atoms with Crippen LogP contribution in [0.1, 0.15) is 16.1 Å². The third kappa shape index (κ3) is 4.02. The molecule has 2 N–H and O–H groups in total. The van der Waals surface area contributed by atoms with Crippen LogP contribution >= 0.6 is 11.6 Å². The summed E-state index contributed by atoms with van der Waals surface area (Å²) in [7, 11) is -3.89. The highest BCUT2D eigenvalue weighted by Gasteiger charge is 2.27. The van der Waals surface area contributed by atoms with Crippen molar-refractivity contribution in [3.05, 3.63) is 81.4 Å². The third-order valence-electron chi connectivity index (χ3n) is 5.38. The van der Waals surface area contributed by atoms with Gasteiger partial charge < -0.3 is 19.0 Å². The number of carbonyl (C=O) groups excluding carboxylic acids is 1. The highest BCUT2D eigenvalue weighted by Crippen LogP contribution is 2.37. The first kappa shape index (κ1) is 22.1. The van der Waals surface area contributed by atoms with E-state index in [9.17, 15) is 18.0 Å². The summed E-state index contributed by atoms with van der Waals surface area (Å²) in [5, 5.41) is 0.931. The molecule has 174 valence electrons. The Bertz CT molecular complexity index is 1620. The molecule has 5 rings (SSSR count). The fourth-order valence-electron chi connectivity index (χ4n) is 4.06. The van der Waals surface area contributed by atoms with Crippen LogP contribution in [0.2, 0.25) is 5.02 Å². The number of amides is 1. The average molecular weight is 500 g/mol. The van der Waals surface area contributed by atoms with Gasteiger partial charge in [0.1, 0.15) is 5.69 Å². The second kappa shape index (κ2) is 8.23. The van der Waals surface area contributed by atoms with E-state index in [0.717, 1.165) is 11.8 Å². The van der Waals surface area contributed by atoms with E-state index < -0.39 is 21.5 Å². The molecule has 0 spiro atoms. The van der Waals surface area contributed by atoms with Crippen molar-refractivity contribution in [3.63, 3.8) is 0 Å². The Hall–Kier alpha value is -3.76. The summed E-state index contributed by atoms with van der Waals surface area (Å²) in [6.45, 7) is 0.304. The Kier molecular flexibility index (Phi) is 5.34. The van der Waals surface area contributed by atoms with Gasteiger partial charge in [0.15, 0.2) is 11.5 Å². The summed E-state index contributed by atoms with van der Waals surface area (Å²) in [6.07, 6.45) is 2.36. The number of fused-ring (bicyclic) bond motifs is 2. The lowest BCUT2D eigenvalue weighted by molar-refractivity contribution is 0.0974. The molecule has 34 heavy (non-hydrogen) atoms. The fourth-order valence-corrected chi connectivity index (χ4v) is 4.66. The molecule has 1 aliphatic rings. The van der Waals surface area contributed by atoms with Gasteiger partial charge in [-0.25, -0.2) is 13.1 Å². The van der Waals surface area contributed by atoms with E-state index in [-0.39, 0.29) is 30.2 Å². The Morgan fingerprint density at radius 3 is 2.71 bits per heavy atom. The van der Waals surface area contributed by atoms with E-state index in [2.05, 4.69) is 4.98 Å². The van der Waals surface area contributed by atoms with E-state index >= 15 is 0 Å². The van der Waals surface area contributed by atoms with Crippen LogP contribution in [-0.2, 0) is 16.6 Å². The molecular weight excluding hydrogens is 482 g/mol. The second-order valence-corrected chi connectivity index (χ2v) is 9.96. The van der Waals surface area contributed by atoms with Crippen LogP contribution in [0.3, 0.4) is 0 Å². The van der Waals surface area contributed by atoms with Crippen molar-refractivity contribution in [2.24, 2.45) is 0 Å². The van der Waals surface area contributed by atoms with Crippen LogP contribution in [-0.4, -0.2) is 36.9 Å². The van der Waals surface area contributed by atoms with Crippen molar-refractivity contribution in [3.8, 4) is 22.6 Å². The SMILES string of the molecule is CS(=O)(=O)NC(=O)c1c(-c2ccc[nH]c2=O)c2cc(Cl)ccc2n1Cc1ccc2c(c1)OCO2. The van der Waals surface area contributed by atoms with Crippen molar-refractivity contribution >= 4 is 38.4 Å². The van der Waals surface area contributed by atoms with Gasteiger partial charge in [-0.3, -0.25) is 9.59 Å². The Balaban J connectivity index is 1.80. The molecule has 0 unspecified atom stereocenters. The lowest BCUT2D eigenvalue weighted by Crippen LogP contribution is -2.31. The van der Waals surface area contributed by atoms with Gasteiger partial charge in [-0.15, -0.1) is 0 Å². The largest absolute Gasteiger partial charge is 0.454 e. The van der Waals surface area contributed by atoms with Gasteiger partial charge in [0.25, 0.3) is 11.5 Å². The number of aromatic nitrogens is 2. The number of ether oxygens (including phenoxy) is 2. The van der Waals surface area contributed by atoms with E-state index in [0.29, 0.717) is 27.4 Å². The molecule has 2 aromatic carbocycles. The minimum Gasteiger partial charge on any atom is -0.454 e. The first-order valence-electron chi connectivity index (χ1n) is 10.1. The summed E-state index contributed by atoms with van der Waals surface area (Å²) in [4.78, 5) is 28.6. The zero-order valence-corrected chi connectivity index (χ0v) is 19.4. The predicted molar refractivity (Wildman–Crippen MR) is 127 cm³/mol. The molecule has 1 aliphatic heterocycles. The van der Waals surface area contributed by atoms with Crippen LogP contribution in [0.5, 0.6) is 11.5 Å². The summed E-state index contributed by atoms with van der Waals surface area (Å²) in [5.74, 6) is 0.312. The van der Waals surface area contributed by atoms with Crippen molar-refractivity contribution in [2.45, 2.75) is 6.54 Å². The molecule has 9 nitrogen and oxygen atoms in total. The first-order chi connectivity index (χ1) is 16.2. The van der Waals surface area contributed by atoms with E-state index in [4.69, 9.17) is 21.1 Å². The molecule has 1 amide bonds. The molecule has 0 saturated carbocycles. The van der Waals surface area contributed by atoms with Crippen molar-refractivity contribution in [2.75, 3.05) is 13.0 Å². The maximum absolute atomic E-state index is 13.3. The zero-order valence-electron chi connectivity index (χ0n) is 17.8. The molecule has 2 aromatic heterocycles. The van der Waals surface area contributed by atoms with Gasteiger partial charge in [0.2, 0.25) is 16.8 Å². The molecule has 0 atom stereocenters. The van der Waals surface area contributed by atoms with Crippen LogP contribution in [0.15, 0.2) is 59.5 Å². The van der Waals surface area contributed by atoms with Gasteiger partial charge >= 0.3 is 0 Å². The van der Waals surface area contributed by atoms with Crippen LogP contribution in [0, 0.1) is 0 Å². The van der Waals surface area contributed by atoms with Crippen LogP contribution < -0.4 is 19.8 Å². The number of nitrogens with one attached hydrogen (secondary N) is 2. The monoisotopic (exact) mass is 499 g/mol. The van der Waals surface area contributed by atoms with Crippen molar-refractivity contribution < 1.29 is 22.7 Å². The molecule has 0 radical (unpaired) electrons. The van der Waals surface area contributed by atoms with Gasteiger partial charge in [-0.2, -0.15) is 0 Å². The summed E-state index contributed by atoms with van der Waals surface area (Å²) in [6, 6.07) is 13.6. The molecular formula is C23H18ClN3O6S. The number of H-pyrrole nitrogens is 1. The third-order valence-corrected chi connectivity index (χ3v) is 6.18.